The summed E-state index contributed by atoms with van der Waals surface area (Å²) in [5.41, 5.74) is 1.00. The lowest BCUT2D eigenvalue weighted by Gasteiger charge is -2.19. The Kier molecular flexibility index (Phi) is 6.65. The summed E-state index contributed by atoms with van der Waals surface area (Å²) in [4.78, 5) is 0. The third-order valence-electron chi connectivity index (χ3n) is 3.65. The van der Waals surface area contributed by atoms with Crippen LogP contribution in [0.15, 0.2) is 30.3 Å². The van der Waals surface area contributed by atoms with E-state index < -0.39 is 16.1 Å². The molecule has 0 saturated heterocycles. The maximum absolute atomic E-state index is 12.0. The van der Waals surface area contributed by atoms with Crippen LogP contribution in [0, 0.1) is 5.92 Å². The summed E-state index contributed by atoms with van der Waals surface area (Å²) < 4.78 is 26.5. The molecule has 0 heterocycles. The number of sulfonamides is 1. The predicted octanol–water partition coefficient (Wildman–Crippen LogP) is 2.12. The summed E-state index contributed by atoms with van der Waals surface area (Å²) in [5, 5.41) is 9.81. The first-order valence-electron chi connectivity index (χ1n) is 7.06. The Morgan fingerprint density at radius 3 is 2.35 bits per heavy atom. The maximum atomic E-state index is 12.0. The molecule has 0 radical (unpaired) electrons. The van der Waals surface area contributed by atoms with Crippen LogP contribution in [-0.4, -0.2) is 31.9 Å². The van der Waals surface area contributed by atoms with Crippen molar-refractivity contribution in [2.75, 3.05) is 12.3 Å². The van der Waals surface area contributed by atoms with Crippen molar-refractivity contribution in [1.29, 1.82) is 0 Å². The molecule has 0 bridgehead atoms. The molecule has 0 spiro atoms. The average molecular weight is 299 g/mol. The Hall–Kier alpha value is -0.910. The lowest BCUT2D eigenvalue weighted by molar-refractivity contribution is 0.118. The van der Waals surface area contributed by atoms with Crippen molar-refractivity contribution in [2.45, 2.75) is 39.2 Å². The molecular weight excluding hydrogens is 274 g/mol. The van der Waals surface area contributed by atoms with Gasteiger partial charge in [-0.15, -0.1) is 0 Å². The second-order valence-electron chi connectivity index (χ2n) is 5.39. The van der Waals surface area contributed by atoms with Crippen LogP contribution in [0.2, 0.25) is 0 Å². The minimum atomic E-state index is -3.38. The van der Waals surface area contributed by atoms with E-state index in [1.165, 1.54) is 0 Å². The lowest BCUT2D eigenvalue weighted by atomic mass is 10.0. The van der Waals surface area contributed by atoms with Gasteiger partial charge < -0.3 is 5.11 Å². The number of aliphatic hydroxyl groups excluding tert-OH is 1. The molecule has 4 nitrogen and oxygen atoms in total. The van der Waals surface area contributed by atoms with Gasteiger partial charge in [0.2, 0.25) is 10.0 Å². The molecular formula is C15H25NO3S. The molecule has 1 rings (SSSR count). The van der Waals surface area contributed by atoms with Crippen LogP contribution in [-0.2, 0) is 10.0 Å². The smallest absolute Gasteiger partial charge is 0.212 e. The molecule has 5 heteroatoms. The van der Waals surface area contributed by atoms with E-state index in [1.54, 1.807) is 0 Å². The van der Waals surface area contributed by atoms with Gasteiger partial charge in [-0.25, -0.2) is 13.1 Å². The van der Waals surface area contributed by atoms with Crippen LogP contribution in [0.1, 0.15) is 38.7 Å². The molecule has 0 aliphatic heterocycles. The van der Waals surface area contributed by atoms with E-state index in [-0.39, 0.29) is 24.1 Å². The summed E-state index contributed by atoms with van der Waals surface area (Å²) in [6.45, 7) is 5.85. The van der Waals surface area contributed by atoms with Crippen LogP contribution in [0.4, 0.5) is 0 Å². The SMILES string of the molecule is CCC(C)C(O)CNS(=O)(=O)CC(C)c1ccccc1. The largest absolute Gasteiger partial charge is 0.391 e. The van der Waals surface area contributed by atoms with Crippen LogP contribution in [0.25, 0.3) is 0 Å². The second-order valence-corrected chi connectivity index (χ2v) is 7.25. The highest BCUT2D eigenvalue weighted by Crippen LogP contribution is 2.16. The summed E-state index contributed by atoms with van der Waals surface area (Å²) >= 11 is 0. The van der Waals surface area contributed by atoms with Crippen molar-refractivity contribution >= 4 is 10.0 Å². The van der Waals surface area contributed by atoms with Crippen molar-refractivity contribution < 1.29 is 13.5 Å². The van der Waals surface area contributed by atoms with E-state index in [2.05, 4.69) is 4.72 Å². The molecule has 3 atom stereocenters. The normalized spacial score (nSPS) is 16.6. The first kappa shape index (κ1) is 17.1. The van der Waals surface area contributed by atoms with Gasteiger partial charge in [-0.2, -0.15) is 0 Å². The van der Waals surface area contributed by atoms with Crippen molar-refractivity contribution in [2.24, 2.45) is 5.92 Å². The number of hydrogen-bond acceptors (Lipinski definition) is 3. The summed E-state index contributed by atoms with van der Waals surface area (Å²) in [5.74, 6) is 0.0447. The summed E-state index contributed by atoms with van der Waals surface area (Å²) in [7, 11) is -3.38. The lowest BCUT2D eigenvalue weighted by Crippen LogP contribution is -2.37. The van der Waals surface area contributed by atoms with Gasteiger partial charge in [0.25, 0.3) is 0 Å². The fraction of sp³-hybridized carbons (Fsp3) is 0.600. The molecule has 0 aromatic heterocycles. The molecule has 0 fully saturated rings. The third kappa shape index (κ3) is 5.61. The van der Waals surface area contributed by atoms with Gasteiger partial charge in [-0.3, -0.25) is 0 Å². The molecule has 0 aliphatic rings. The van der Waals surface area contributed by atoms with E-state index in [1.807, 2.05) is 51.1 Å². The Morgan fingerprint density at radius 1 is 1.20 bits per heavy atom. The minimum absolute atomic E-state index is 0.0320. The van der Waals surface area contributed by atoms with E-state index >= 15 is 0 Å². The maximum Gasteiger partial charge on any atom is 0.212 e. The van der Waals surface area contributed by atoms with Gasteiger partial charge in [-0.05, 0) is 17.4 Å². The third-order valence-corrected chi connectivity index (χ3v) is 5.20. The molecule has 2 N–H and O–H groups in total. The summed E-state index contributed by atoms with van der Waals surface area (Å²) in [6.07, 6.45) is 0.186. The standard InChI is InChI=1S/C15H25NO3S/c1-4-12(2)15(17)10-16-20(18,19)11-13(3)14-8-6-5-7-9-14/h5-9,12-13,15-17H,4,10-11H2,1-3H3. The van der Waals surface area contributed by atoms with Crippen LogP contribution in [0.5, 0.6) is 0 Å². The molecule has 1 aromatic rings. The molecule has 1 aromatic carbocycles. The van der Waals surface area contributed by atoms with Crippen LogP contribution >= 0.6 is 0 Å². The highest BCUT2D eigenvalue weighted by atomic mass is 32.2. The highest BCUT2D eigenvalue weighted by molar-refractivity contribution is 7.89. The van der Waals surface area contributed by atoms with Crippen molar-refractivity contribution in [1.82, 2.24) is 4.72 Å². The van der Waals surface area contributed by atoms with Crippen LogP contribution in [0.3, 0.4) is 0 Å². The fourth-order valence-electron chi connectivity index (χ4n) is 1.95. The van der Waals surface area contributed by atoms with Gasteiger partial charge in [0.05, 0.1) is 11.9 Å². The van der Waals surface area contributed by atoms with Crippen LogP contribution < -0.4 is 4.72 Å². The monoisotopic (exact) mass is 299 g/mol. The molecule has 3 unspecified atom stereocenters. The van der Waals surface area contributed by atoms with E-state index in [0.717, 1.165) is 12.0 Å². The second kappa shape index (κ2) is 7.76. The van der Waals surface area contributed by atoms with Crippen molar-refractivity contribution in [3.05, 3.63) is 35.9 Å². The van der Waals surface area contributed by atoms with Gasteiger partial charge in [-0.1, -0.05) is 57.5 Å². The number of aliphatic hydroxyl groups is 1. The average Bonchev–Trinajstić information content (AvgIpc) is 2.44. The van der Waals surface area contributed by atoms with Gasteiger partial charge >= 0.3 is 0 Å². The zero-order chi connectivity index (χ0) is 15.2. The Balaban J connectivity index is 2.53. The fourth-order valence-corrected chi connectivity index (χ4v) is 3.34. The molecule has 0 saturated carbocycles. The van der Waals surface area contributed by atoms with Gasteiger partial charge in [0, 0.05) is 6.54 Å². The van der Waals surface area contributed by atoms with Crippen molar-refractivity contribution in [3.63, 3.8) is 0 Å². The number of nitrogens with one attached hydrogen (secondary N) is 1. The van der Waals surface area contributed by atoms with E-state index in [9.17, 15) is 13.5 Å². The first-order chi connectivity index (χ1) is 9.35. The number of benzene rings is 1. The Labute approximate surface area is 122 Å². The summed E-state index contributed by atoms with van der Waals surface area (Å²) in [6, 6.07) is 9.56. The van der Waals surface area contributed by atoms with Crippen molar-refractivity contribution in [3.8, 4) is 0 Å². The Bertz CT molecular complexity index is 487. The topological polar surface area (TPSA) is 66.4 Å². The number of hydrogen-bond donors (Lipinski definition) is 2. The molecule has 0 amide bonds. The first-order valence-corrected chi connectivity index (χ1v) is 8.71. The Morgan fingerprint density at radius 2 is 1.80 bits per heavy atom. The minimum Gasteiger partial charge on any atom is -0.391 e. The van der Waals surface area contributed by atoms with Gasteiger partial charge in [0.15, 0.2) is 0 Å². The zero-order valence-corrected chi connectivity index (χ0v) is 13.2. The molecule has 114 valence electrons. The molecule has 0 aliphatic carbocycles. The quantitative estimate of drug-likeness (QED) is 0.772. The van der Waals surface area contributed by atoms with E-state index in [0.29, 0.717) is 0 Å². The predicted molar refractivity (Wildman–Crippen MR) is 82.1 cm³/mol. The number of rotatable bonds is 8. The zero-order valence-electron chi connectivity index (χ0n) is 12.4. The van der Waals surface area contributed by atoms with Gasteiger partial charge in [0.1, 0.15) is 0 Å². The highest BCUT2D eigenvalue weighted by Gasteiger charge is 2.19. The molecule has 20 heavy (non-hydrogen) atoms. The van der Waals surface area contributed by atoms with E-state index in [4.69, 9.17) is 0 Å².